The molecule has 1 fully saturated rings. The van der Waals surface area contributed by atoms with Crippen LogP contribution in [0, 0.1) is 0 Å². The fraction of sp³-hybridized carbons (Fsp3) is 0.294. The van der Waals surface area contributed by atoms with Crippen molar-refractivity contribution in [1.29, 1.82) is 0 Å². The number of sulfonamides is 1. The number of hydrogen-bond donors (Lipinski definition) is 1. The lowest BCUT2D eigenvalue weighted by Gasteiger charge is -2.41. The molecule has 1 saturated heterocycles. The Hall–Kier alpha value is -2.09. The van der Waals surface area contributed by atoms with Crippen LogP contribution in [0.4, 0.5) is 0 Å². The number of carbonyl (C=O) groups excluding carboxylic acids is 1. The third-order valence-electron chi connectivity index (χ3n) is 3.97. The average molecular weight is 346 g/mol. The molecule has 0 radical (unpaired) electrons. The second-order valence-corrected chi connectivity index (χ2v) is 7.38. The number of benzene rings is 1. The molecule has 1 aliphatic rings. The third kappa shape index (κ3) is 3.10. The second-order valence-electron chi connectivity index (χ2n) is 5.70. The Bertz CT molecular complexity index is 846. The van der Waals surface area contributed by atoms with Gasteiger partial charge >= 0.3 is 0 Å². The van der Waals surface area contributed by atoms with Crippen molar-refractivity contribution in [3.8, 4) is 0 Å². The summed E-state index contributed by atoms with van der Waals surface area (Å²) in [4.78, 5) is 16.1. The number of Topliss-reactive ketones (excluding diaryl/α,β-unsaturated/α-hetero) is 1. The molecule has 2 heterocycles. The highest BCUT2D eigenvalue weighted by Crippen LogP contribution is 2.30. The minimum Gasteiger partial charge on any atom is -0.377 e. The predicted molar refractivity (Wildman–Crippen MR) is 88.1 cm³/mol. The Balaban J connectivity index is 1.93. The second kappa shape index (κ2) is 6.43. The van der Waals surface area contributed by atoms with Crippen LogP contribution in [0.1, 0.15) is 29.4 Å². The summed E-state index contributed by atoms with van der Waals surface area (Å²) < 4.78 is 33.5. The maximum Gasteiger partial charge on any atom is 0.241 e. The molecule has 0 saturated carbocycles. The molecule has 1 aromatic carbocycles. The normalized spacial score (nSPS) is 16.4. The van der Waals surface area contributed by atoms with Crippen molar-refractivity contribution in [3.05, 3.63) is 59.9 Å². The largest absolute Gasteiger partial charge is 0.377 e. The van der Waals surface area contributed by atoms with Gasteiger partial charge in [0.15, 0.2) is 5.78 Å². The smallest absolute Gasteiger partial charge is 0.241 e. The van der Waals surface area contributed by atoms with Gasteiger partial charge in [-0.2, -0.15) is 4.72 Å². The molecule has 126 valence electrons. The summed E-state index contributed by atoms with van der Waals surface area (Å²) >= 11 is 0. The zero-order valence-corrected chi connectivity index (χ0v) is 14.0. The lowest BCUT2D eigenvalue weighted by molar-refractivity contribution is -0.0685. The van der Waals surface area contributed by atoms with Crippen molar-refractivity contribution in [1.82, 2.24) is 9.71 Å². The maximum atomic E-state index is 12.8. The van der Waals surface area contributed by atoms with E-state index in [1.165, 1.54) is 12.1 Å². The van der Waals surface area contributed by atoms with Crippen LogP contribution in [0.25, 0.3) is 0 Å². The van der Waals surface area contributed by atoms with Crippen LogP contribution in [-0.4, -0.2) is 32.4 Å². The number of carbonyl (C=O) groups is 1. The number of ketones is 1. The first-order valence-electron chi connectivity index (χ1n) is 7.63. The van der Waals surface area contributed by atoms with Gasteiger partial charge in [-0.25, -0.2) is 8.42 Å². The monoisotopic (exact) mass is 346 g/mol. The van der Waals surface area contributed by atoms with Gasteiger partial charge in [-0.1, -0.05) is 25.1 Å². The van der Waals surface area contributed by atoms with E-state index < -0.39 is 15.6 Å². The fourth-order valence-corrected chi connectivity index (χ4v) is 3.96. The lowest BCUT2D eigenvalue weighted by Crippen LogP contribution is -2.59. The summed E-state index contributed by atoms with van der Waals surface area (Å²) in [6, 6.07) is 11.4. The van der Waals surface area contributed by atoms with Crippen molar-refractivity contribution in [2.75, 3.05) is 13.2 Å². The van der Waals surface area contributed by atoms with Crippen molar-refractivity contribution in [3.63, 3.8) is 0 Å². The van der Waals surface area contributed by atoms with E-state index in [1.807, 2.05) is 0 Å². The molecule has 0 aliphatic carbocycles. The Morgan fingerprint density at radius 1 is 1.25 bits per heavy atom. The van der Waals surface area contributed by atoms with Gasteiger partial charge < -0.3 is 4.74 Å². The number of nitrogens with one attached hydrogen (secondary N) is 1. The van der Waals surface area contributed by atoms with E-state index in [9.17, 15) is 13.2 Å². The minimum absolute atomic E-state index is 0.0593. The number of nitrogens with zero attached hydrogens (tertiary/aromatic N) is 1. The number of hydrogen-bond acceptors (Lipinski definition) is 5. The Labute approximate surface area is 140 Å². The van der Waals surface area contributed by atoms with E-state index in [0.717, 1.165) is 0 Å². The molecule has 7 heteroatoms. The molecule has 2 aromatic rings. The highest BCUT2D eigenvalue weighted by atomic mass is 32.2. The van der Waals surface area contributed by atoms with Gasteiger partial charge in [-0.05, 0) is 24.3 Å². The maximum absolute atomic E-state index is 12.8. The van der Waals surface area contributed by atoms with E-state index in [-0.39, 0.29) is 23.9 Å². The fourth-order valence-electron chi connectivity index (χ4n) is 2.57. The molecular formula is C17H18N2O4S. The molecule has 3 rings (SSSR count). The van der Waals surface area contributed by atoms with Gasteiger partial charge in [0.25, 0.3) is 0 Å². The first kappa shape index (κ1) is 16.8. The van der Waals surface area contributed by atoms with Crippen molar-refractivity contribution in [2.45, 2.75) is 23.8 Å². The zero-order chi connectivity index (χ0) is 17.2. The molecule has 0 atom stereocenters. The molecule has 24 heavy (non-hydrogen) atoms. The Morgan fingerprint density at radius 3 is 2.62 bits per heavy atom. The highest BCUT2D eigenvalue weighted by molar-refractivity contribution is 7.89. The molecule has 0 bridgehead atoms. The van der Waals surface area contributed by atoms with E-state index in [4.69, 9.17) is 4.74 Å². The van der Waals surface area contributed by atoms with Gasteiger partial charge in [-0.15, -0.1) is 0 Å². The van der Waals surface area contributed by atoms with Crippen LogP contribution >= 0.6 is 0 Å². The summed E-state index contributed by atoms with van der Waals surface area (Å²) in [5.74, 6) is -0.0986. The molecule has 1 aromatic heterocycles. The summed E-state index contributed by atoms with van der Waals surface area (Å²) in [7, 11) is -3.81. The van der Waals surface area contributed by atoms with Crippen LogP contribution in [0.5, 0.6) is 0 Å². The Morgan fingerprint density at radius 2 is 2.04 bits per heavy atom. The zero-order valence-electron chi connectivity index (χ0n) is 13.2. The van der Waals surface area contributed by atoms with E-state index in [0.29, 0.717) is 17.7 Å². The molecule has 6 nitrogen and oxygen atoms in total. The number of pyridine rings is 1. The van der Waals surface area contributed by atoms with Crippen molar-refractivity contribution < 1.29 is 17.9 Å². The quantitative estimate of drug-likeness (QED) is 0.807. The number of aromatic nitrogens is 1. The molecule has 0 spiro atoms. The third-order valence-corrected chi connectivity index (χ3v) is 5.50. The van der Waals surface area contributed by atoms with Crippen LogP contribution in [0.3, 0.4) is 0 Å². The topological polar surface area (TPSA) is 85.4 Å². The van der Waals surface area contributed by atoms with Gasteiger partial charge in [-0.3, -0.25) is 9.78 Å². The SMILES string of the molecule is CCC(=O)c1cccc(S(=O)(=O)NC2(c3ccccn3)COC2)c1. The van der Waals surface area contributed by atoms with Crippen LogP contribution in [0.15, 0.2) is 53.6 Å². The van der Waals surface area contributed by atoms with Gasteiger partial charge in [0.2, 0.25) is 10.0 Å². The summed E-state index contributed by atoms with van der Waals surface area (Å²) in [5.41, 5.74) is 0.128. The Kier molecular flexibility index (Phi) is 4.49. The molecule has 0 unspecified atom stereocenters. The molecular weight excluding hydrogens is 328 g/mol. The van der Waals surface area contributed by atoms with E-state index in [2.05, 4.69) is 9.71 Å². The average Bonchev–Trinajstić information content (AvgIpc) is 2.58. The highest BCUT2D eigenvalue weighted by Gasteiger charge is 2.45. The van der Waals surface area contributed by atoms with Gasteiger partial charge in [0.05, 0.1) is 23.8 Å². The van der Waals surface area contributed by atoms with E-state index >= 15 is 0 Å². The van der Waals surface area contributed by atoms with E-state index in [1.54, 1.807) is 43.5 Å². The van der Waals surface area contributed by atoms with Crippen molar-refractivity contribution in [2.24, 2.45) is 0 Å². The standard InChI is InChI=1S/C17H18N2O4S/c1-2-15(20)13-6-5-7-14(10-13)24(21,22)19-17(11-23-12-17)16-8-3-4-9-18-16/h3-10,19H,2,11-12H2,1H3. The number of ether oxygens (including phenoxy) is 1. The summed E-state index contributed by atoms with van der Waals surface area (Å²) in [6.07, 6.45) is 1.94. The first-order valence-corrected chi connectivity index (χ1v) is 9.12. The molecule has 1 N–H and O–H groups in total. The van der Waals surface area contributed by atoms with Crippen LogP contribution in [0.2, 0.25) is 0 Å². The summed E-state index contributed by atoms with van der Waals surface area (Å²) in [5, 5.41) is 0. The molecule has 0 amide bonds. The lowest BCUT2D eigenvalue weighted by atomic mass is 9.94. The summed E-state index contributed by atoms with van der Waals surface area (Å²) in [6.45, 7) is 2.18. The number of rotatable bonds is 6. The predicted octanol–water partition coefficient (Wildman–Crippen LogP) is 1.88. The van der Waals surface area contributed by atoms with Crippen LogP contribution < -0.4 is 4.72 Å². The van der Waals surface area contributed by atoms with Gasteiger partial charge in [0, 0.05) is 18.2 Å². The van der Waals surface area contributed by atoms with Gasteiger partial charge in [0.1, 0.15) is 5.54 Å². The minimum atomic E-state index is -3.81. The van der Waals surface area contributed by atoms with Crippen LogP contribution in [-0.2, 0) is 20.3 Å². The molecule has 1 aliphatic heterocycles. The first-order chi connectivity index (χ1) is 11.5. The van der Waals surface area contributed by atoms with Crippen molar-refractivity contribution >= 4 is 15.8 Å².